The molecule has 156 valence electrons. The van der Waals surface area contributed by atoms with Crippen molar-refractivity contribution in [1.29, 1.82) is 0 Å². The van der Waals surface area contributed by atoms with Gasteiger partial charge in [0, 0.05) is 47.2 Å². The first-order valence-electron chi connectivity index (χ1n) is 10.3. The Kier molecular flexibility index (Phi) is 4.75. The maximum absolute atomic E-state index is 13.9. The number of hydrogen-bond acceptors (Lipinski definition) is 5. The molecular formula is C23H25N3O3S. The summed E-state index contributed by atoms with van der Waals surface area (Å²) in [5, 5.41) is 3.06. The average Bonchev–Trinajstić information content (AvgIpc) is 3.41. The fourth-order valence-corrected chi connectivity index (χ4v) is 6.63. The van der Waals surface area contributed by atoms with Crippen molar-refractivity contribution in [3.05, 3.63) is 54.1 Å². The van der Waals surface area contributed by atoms with Crippen LogP contribution in [0.4, 0.5) is 11.4 Å². The van der Waals surface area contributed by atoms with Crippen LogP contribution in [0.15, 0.2) is 48.5 Å². The van der Waals surface area contributed by atoms with Crippen molar-refractivity contribution in [3.8, 4) is 5.75 Å². The Labute approximate surface area is 180 Å². The zero-order valence-corrected chi connectivity index (χ0v) is 17.9. The van der Waals surface area contributed by atoms with Crippen LogP contribution in [0.25, 0.3) is 0 Å². The number of carbonyl (C=O) groups excluding carboxylic acids is 2. The van der Waals surface area contributed by atoms with Gasteiger partial charge in [-0.2, -0.15) is 0 Å². The molecule has 7 heteroatoms. The van der Waals surface area contributed by atoms with Gasteiger partial charge in [0.25, 0.3) is 5.91 Å². The maximum atomic E-state index is 13.9. The number of thioether (sulfide) groups is 1. The van der Waals surface area contributed by atoms with Crippen LogP contribution in [-0.4, -0.2) is 48.0 Å². The second kappa shape index (κ2) is 7.32. The van der Waals surface area contributed by atoms with Crippen molar-refractivity contribution in [3.63, 3.8) is 0 Å². The number of nitrogens with one attached hydrogen (secondary N) is 1. The van der Waals surface area contributed by atoms with E-state index in [-0.39, 0.29) is 17.9 Å². The molecule has 3 heterocycles. The summed E-state index contributed by atoms with van der Waals surface area (Å²) in [6.07, 6.45) is 0.681. The molecule has 2 aromatic rings. The lowest BCUT2D eigenvalue weighted by atomic mass is 9.79. The first-order valence-corrected chi connectivity index (χ1v) is 11.5. The normalized spacial score (nSPS) is 27.4. The average molecular weight is 424 g/mol. The number of rotatable bonds is 4. The summed E-state index contributed by atoms with van der Waals surface area (Å²) in [4.78, 5) is 31.6. The number of fused-ring (bicyclic) bond motifs is 4. The third-order valence-electron chi connectivity index (χ3n) is 6.59. The van der Waals surface area contributed by atoms with Gasteiger partial charge in [-0.1, -0.05) is 24.3 Å². The van der Waals surface area contributed by atoms with Gasteiger partial charge in [-0.3, -0.25) is 14.5 Å². The van der Waals surface area contributed by atoms with Crippen LogP contribution in [-0.2, 0) is 15.1 Å². The van der Waals surface area contributed by atoms with E-state index in [0.717, 1.165) is 22.9 Å². The molecule has 6 nitrogen and oxygen atoms in total. The van der Waals surface area contributed by atoms with Crippen molar-refractivity contribution in [2.75, 3.05) is 35.5 Å². The molecule has 0 radical (unpaired) electrons. The minimum Gasteiger partial charge on any atom is -0.497 e. The van der Waals surface area contributed by atoms with E-state index in [0.29, 0.717) is 24.4 Å². The molecule has 3 aliphatic rings. The Hall–Kier alpha value is -2.51. The van der Waals surface area contributed by atoms with Crippen molar-refractivity contribution in [1.82, 2.24) is 4.90 Å². The number of amides is 2. The summed E-state index contributed by atoms with van der Waals surface area (Å²) in [6.45, 7) is 2.58. The van der Waals surface area contributed by atoms with Gasteiger partial charge >= 0.3 is 0 Å². The quantitative estimate of drug-likeness (QED) is 0.818. The highest BCUT2D eigenvalue weighted by atomic mass is 32.2. The number of likely N-dealkylation sites (N-methyl/N-ethyl adjacent to an activating group) is 1. The standard InChI is InChI=1S/C23H25N3O3S/c1-3-25-20-10-5-4-9-18(20)23(22(25)28)19(12-16-13-30-14-26(16)23)21(27)24-15-7-6-8-17(11-15)29-2/h4-11,16,19H,3,12-14H2,1-2H3,(H,24,27)/t16-,19-,23+/m1/s1. The zero-order valence-electron chi connectivity index (χ0n) is 17.1. The summed E-state index contributed by atoms with van der Waals surface area (Å²) in [6, 6.07) is 15.5. The Morgan fingerprint density at radius 3 is 2.90 bits per heavy atom. The van der Waals surface area contributed by atoms with Gasteiger partial charge in [0.2, 0.25) is 5.91 Å². The van der Waals surface area contributed by atoms with E-state index in [2.05, 4.69) is 10.2 Å². The lowest BCUT2D eigenvalue weighted by Gasteiger charge is -2.36. The molecule has 2 aromatic carbocycles. The summed E-state index contributed by atoms with van der Waals surface area (Å²) >= 11 is 1.84. The molecule has 1 N–H and O–H groups in total. The maximum Gasteiger partial charge on any atom is 0.253 e. The first-order chi connectivity index (χ1) is 14.6. The summed E-state index contributed by atoms with van der Waals surface area (Å²) in [5.74, 6) is 1.88. The zero-order chi connectivity index (χ0) is 20.9. The van der Waals surface area contributed by atoms with E-state index in [9.17, 15) is 9.59 Å². The van der Waals surface area contributed by atoms with Gasteiger partial charge in [-0.15, -0.1) is 11.8 Å². The molecule has 3 aliphatic heterocycles. The van der Waals surface area contributed by atoms with Gasteiger partial charge in [-0.05, 0) is 31.5 Å². The van der Waals surface area contributed by atoms with Crippen LogP contribution in [0.2, 0.25) is 0 Å². The van der Waals surface area contributed by atoms with Crippen LogP contribution in [0.5, 0.6) is 5.75 Å². The van der Waals surface area contributed by atoms with Gasteiger partial charge < -0.3 is 15.0 Å². The molecule has 3 atom stereocenters. The SMILES string of the molecule is CCN1C(=O)[C@]2(c3ccccc31)[C@@H](C(=O)Nc1cccc(OC)c1)C[C@@H]1CSCN12. The van der Waals surface area contributed by atoms with E-state index in [1.165, 1.54) is 0 Å². The Morgan fingerprint density at radius 1 is 1.27 bits per heavy atom. The van der Waals surface area contributed by atoms with Gasteiger partial charge in [0.15, 0.2) is 0 Å². The number of methoxy groups -OCH3 is 1. The Morgan fingerprint density at radius 2 is 2.10 bits per heavy atom. The lowest BCUT2D eigenvalue weighted by molar-refractivity contribution is -0.136. The number of anilines is 2. The Bertz CT molecular complexity index is 1010. The van der Waals surface area contributed by atoms with Crippen molar-refractivity contribution < 1.29 is 14.3 Å². The molecule has 5 rings (SSSR count). The minimum absolute atomic E-state index is 0.0296. The van der Waals surface area contributed by atoms with Gasteiger partial charge in [0.1, 0.15) is 11.3 Å². The predicted molar refractivity (Wildman–Crippen MR) is 119 cm³/mol. The molecule has 2 amide bonds. The van der Waals surface area contributed by atoms with Gasteiger partial charge in [0.05, 0.1) is 13.0 Å². The number of para-hydroxylation sites is 1. The van der Waals surface area contributed by atoms with Crippen molar-refractivity contribution >= 4 is 35.0 Å². The second-order valence-corrected chi connectivity index (χ2v) is 8.97. The fraction of sp³-hybridized carbons (Fsp3) is 0.391. The summed E-state index contributed by atoms with van der Waals surface area (Å²) < 4.78 is 5.28. The van der Waals surface area contributed by atoms with Crippen LogP contribution >= 0.6 is 11.8 Å². The van der Waals surface area contributed by atoms with E-state index in [4.69, 9.17) is 4.74 Å². The van der Waals surface area contributed by atoms with Crippen molar-refractivity contribution in [2.24, 2.45) is 5.92 Å². The fourth-order valence-electron chi connectivity index (χ4n) is 5.33. The smallest absolute Gasteiger partial charge is 0.253 e. The van der Waals surface area contributed by atoms with Crippen LogP contribution < -0.4 is 15.0 Å². The van der Waals surface area contributed by atoms with Crippen LogP contribution in [0.3, 0.4) is 0 Å². The molecule has 0 saturated carbocycles. The van der Waals surface area contributed by atoms with E-state index in [1.54, 1.807) is 13.2 Å². The molecule has 1 spiro atoms. The first kappa shape index (κ1) is 19.5. The third-order valence-corrected chi connectivity index (χ3v) is 7.67. The summed E-state index contributed by atoms with van der Waals surface area (Å²) in [5.41, 5.74) is 1.65. The topological polar surface area (TPSA) is 61.9 Å². The van der Waals surface area contributed by atoms with Crippen molar-refractivity contribution in [2.45, 2.75) is 24.9 Å². The van der Waals surface area contributed by atoms with Gasteiger partial charge in [-0.25, -0.2) is 0 Å². The molecule has 2 saturated heterocycles. The molecule has 0 aliphatic carbocycles. The number of carbonyl (C=O) groups is 2. The highest BCUT2D eigenvalue weighted by Gasteiger charge is 2.67. The number of ether oxygens (including phenoxy) is 1. The monoisotopic (exact) mass is 423 g/mol. The highest BCUT2D eigenvalue weighted by molar-refractivity contribution is 7.99. The lowest BCUT2D eigenvalue weighted by Crippen LogP contribution is -2.55. The second-order valence-electron chi connectivity index (χ2n) is 7.97. The minimum atomic E-state index is -0.927. The van der Waals surface area contributed by atoms with E-state index in [1.807, 2.05) is 66.1 Å². The largest absolute Gasteiger partial charge is 0.497 e. The number of hydrogen-bond donors (Lipinski definition) is 1. The predicted octanol–water partition coefficient (Wildman–Crippen LogP) is 3.29. The van der Waals surface area contributed by atoms with Crippen LogP contribution in [0, 0.1) is 5.92 Å². The highest BCUT2D eigenvalue weighted by Crippen LogP contribution is 2.57. The molecule has 0 aromatic heterocycles. The Balaban J connectivity index is 1.58. The number of benzene rings is 2. The molecule has 30 heavy (non-hydrogen) atoms. The third kappa shape index (κ3) is 2.61. The number of nitrogens with zero attached hydrogens (tertiary/aromatic N) is 2. The van der Waals surface area contributed by atoms with Crippen LogP contribution in [0.1, 0.15) is 18.9 Å². The molecule has 0 unspecified atom stereocenters. The molecular weight excluding hydrogens is 398 g/mol. The van der Waals surface area contributed by atoms with E-state index < -0.39 is 11.5 Å². The summed E-state index contributed by atoms with van der Waals surface area (Å²) in [7, 11) is 1.60. The van der Waals surface area contributed by atoms with E-state index >= 15 is 0 Å². The molecule has 2 fully saturated rings. The molecule has 0 bridgehead atoms.